The highest BCUT2D eigenvalue weighted by molar-refractivity contribution is 5.69. The Labute approximate surface area is 144 Å². The van der Waals surface area contributed by atoms with Crippen molar-refractivity contribution in [2.75, 3.05) is 0 Å². The van der Waals surface area contributed by atoms with Crippen molar-refractivity contribution in [1.82, 2.24) is 38.2 Å². The van der Waals surface area contributed by atoms with Crippen LogP contribution in [0.3, 0.4) is 0 Å². The van der Waals surface area contributed by atoms with E-state index in [2.05, 4.69) is 19.9 Å². The number of aromatic nitrogens is 8. The van der Waals surface area contributed by atoms with Gasteiger partial charge in [-0.15, -0.1) is 0 Å². The number of hydrogen-bond acceptors (Lipinski definition) is 6. The SMILES string of the molecule is Cn1c(=O)[nH]c2nc[nH]c2c1=O.Cn1c(=O)c2c(ncn2C)n(C)c1=O. The van der Waals surface area contributed by atoms with Crippen molar-refractivity contribution in [1.29, 1.82) is 0 Å². The summed E-state index contributed by atoms with van der Waals surface area (Å²) in [7, 11) is 6.18. The van der Waals surface area contributed by atoms with E-state index in [4.69, 9.17) is 0 Å². The Balaban J connectivity index is 0.000000152. The Morgan fingerprint density at radius 2 is 1.58 bits per heavy atom. The molecule has 0 amide bonds. The van der Waals surface area contributed by atoms with Gasteiger partial charge >= 0.3 is 11.4 Å². The highest BCUT2D eigenvalue weighted by Crippen LogP contribution is 2.01. The number of imidazole rings is 2. The molecule has 26 heavy (non-hydrogen) atoms. The Bertz CT molecular complexity index is 1360. The van der Waals surface area contributed by atoms with Crippen molar-refractivity contribution in [3.8, 4) is 0 Å². The van der Waals surface area contributed by atoms with Gasteiger partial charge < -0.3 is 9.55 Å². The van der Waals surface area contributed by atoms with Crippen molar-refractivity contribution < 1.29 is 0 Å². The van der Waals surface area contributed by atoms with E-state index in [-0.39, 0.29) is 16.8 Å². The molecule has 0 aliphatic heterocycles. The summed E-state index contributed by atoms with van der Waals surface area (Å²) in [5.74, 6) is 0. The van der Waals surface area contributed by atoms with Crippen molar-refractivity contribution in [3.05, 3.63) is 54.3 Å². The van der Waals surface area contributed by atoms with Gasteiger partial charge in [0.05, 0.1) is 12.7 Å². The molecule has 4 aromatic heterocycles. The Morgan fingerprint density at radius 1 is 0.885 bits per heavy atom. The maximum atomic E-state index is 11.7. The molecule has 12 heteroatoms. The summed E-state index contributed by atoms with van der Waals surface area (Å²) in [6, 6.07) is 0. The summed E-state index contributed by atoms with van der Waals surface area (Å²) < 4.78 is 5.03. The molecule has 0 fully saturated rings. The molecule has 0 saturated carbocycles. The van der Waals surface area contributed by atoms with Gasteiger partial charge in [0.1, 0.15) is 5.52 Å². The summed E-state index contributed by atoms with van der Waals surface area (Å²) in [5, 5.41) is 0. The van der Waals surface area contributed by atoms with Crippen molar-refractivity contribution in [2.24, 2.45) is 28.2 Å². The number of rotatable bonds is 0. The molecule has 0 unspecified atom stereocenters. The quantitative estimate of drug-likeness (QED) is 0.368. The van der Waals surface area contributed by atoms with E-state index in [1.807, 2.05) is 0 Å². The molecule has 4 heterocycles. The molecular weight excluding hydrogens is 344 g/mol. The van der Waals surface area contributed by atoms with Crippen LogP contribution in [0.5, 0.6) is 0 Å². The molecule has 4 aromatic rings. The molecule has 136 valence electrons. The Hall–Kier alpha value is -3.70. The standard InChI is InChI=1S/C8H10N4O2.C6H6N4O2/c1-10-4-9-6-5(10)7(13)12(3)8(14)11(6)2;1-10-5(11)3-4(8-2-7-3)9-6(10)12/h4H,1-3H3;2H,1H3,(H,7,8)(H,9,12). The van der Waals surface area contributed by atoms with E-state index in [0.29, 0.717) is 22.3 Å². The minimum absolute atomic E-state index is 0.295. The maximum absolute atomic E-state index is 11.7. The van der Waals surface area contributed by atoms with Gasteiger partial charge in [-0.05, 0) is 0 Å². The lowest BCUT2D eigenvalue weighted by Gasteiger charge is -2.02. The Kier molecular flexibility index (Phi) is 3.94. The minimum Gasteiger partial charge on any atom is -0.339 e. The number of aromatic amines is 2. The van der Waals surface area contributed by atoms with Crippen molar-refractivity contribution in [2.45, 2.75) is 0 Å². The van der Waals surface area contributed by atoms with E-state index in [0.717, 1.165) is 9.13 Å². The number of nitrogens with zero attached hydrogens (tertiary/aromatic N) is 6. The van der Waals surface area contributed by atoms with Gasteiger partial charge in [-0.25, -0.2) is 19.6 Å². The van der Waals surface area contributed by atoms with Crippen molar-refractivity contribution in [3.63, 3.8) is 0 Å². The van der Waals surface area contributed by atoms with Crippen molar-refractivity contribution >= 4 is 22.3 Å². The largest absolute Gasteiger partial charge is 0.339 e. The topological polar surface area (TPSA) is 145 Å². The minimum atomic E-state index is -0.459. The van der Waals surface area contributed by atoms with Crippen LogP contribution in [-0.4, -0.2) is 38.2 Å². The van der Waals surface area contributed by atoms with E-state index in [1.165, 1.54) is 31.3 Å². The van der Waals surface area contributed by atoms with Gasteiger partial charge in [0.2, 0.25) is 0 Å². The summed E-state index contributed by atoms with van der Waals surface area (Å²) in [6.07, 6.45) is 2.88. The summed E-state index contributed by atoms with van der Waals surface area (Å²) in [6.45, 7) is 0. The van der Waals surface area contributed by atoms with Gasteiger partial charge in [0.25, 0.3) is 11.1 Å². The first-order valence-corrected chi connectivity index (χ1v) is 7.43. The third kappa shape index (κ3) is 2.47. The summed E-state index contributed by atoms with van der Waals surface area (Å²) >= 11 is 0. The van der Waals surface area contributed by atoms with Crippen LogP contribution in [0.15, 0.2) is 31.8 Å². The van der Waals surface area contributed by atoms with Gasteiger partial charge in [0, 0.05) is 28.2 Å². The fraction of sp³-hybridized carbons (Fsp3) is 0.286. The second kappa shape index (κ2) is 5.98. The van der Waals surface area contributed by atoms with Crippen LogP contribution in [-0.2, 0) is 28.2 Å². The number of H-pyrrole nitrogens is 2. The Morgan fingerprint density at radius 3 is 2.27 bits per heavy atom. The fourth-order valence-corrected chi connectivity index (χ4v) is 2.47. The molecule has 0 saturated heterocycles. The van der Waals surface area contributed by atoms with Crippen LogP contribution in [0.2, 0.25) is 0 Å². The molecule has 2 N–H and O–H groups in total. The van der Waals surface area contributed by atoms with Crippen LogP contribution in [0.1, 0.15) is 0 Å². The van der Waals surface area contributed by atoms with E-state index in [1.54, 1.807) is 18.7 Å². The normalized spacial score (nSPS) is 10.9. The lowest BCUT2D eigenvalue weighted by atomic mass is 10.5. The molecule has 0 spiro atoms. The van der Waals surface area contributed by atoms with E-state index >= 15 is 0 Å². The van der Waals surface area contributed by atoms with Gasteiger partial charge in [-0.1, -0.05) is 0 Å². The summed E-state index contributed by atoms with van der Waals surface area (Å²) in [5.41, 5.74) is -0.0365. The second-order valence-electron chi connectivity index (χ2n) is 5.65. The molecule has 12 nitrogen and oxygen atoms in total. The first kappa shape index (κ1) is 17.1. The highest BCUT2D eigenvalue weighted by atomic mass is 16.2. The third-order valence-corrected chi connectivity index (χ3v) is 4.00. The van der Waals surface area contributed by atoms with Gasteiger partial charge in [0.15, 0.2) is 16.8 Å². The van der Waals surface area contributed by atoms with Crippen LogP contribution < -0.4 is 22.5 Å². The zero-order chi connectivity index (χ0) is 19.2. The zero-order valence-electron chi connectivity index (χ0n) is 14.5. The number of fused-ring (bicyclic) bond motifs is 2. The van der Waals surface area contributed by atoms with E-state index < -0.39 is 5.69 Å². The molecule has 0 radical (unpaired) electrons. The third-order valence-electron chi connectivity index (χ3n) is 4.00. The molecular formula is C14H16N8O4. The number of aryl methyl sites for hydroxylation is 2. The first-order chi connectivity index (χ1) is 12.2. The average molecular weight is 360 g/mol. The predicted octanol–water partition coefficient (Wildman–Crippen LogP) is -2.08. The lowest BCUT2D eigenvalue weighted by molar-refractivity contribution is 0.705. The monoisotopic (exact) mass is 360 g/mol. The molecule has 4 rings (SSSR count). The predicted molar refractivity (Wildman–Crippen MR) is 93.2 cm³/mol. The number of nitrogens with one attached hydrogen (secondary N) is 2. The molecule has 0 aromatic carbocycles. The van der Waals surface area contributed by atoms with Crippen LogP contribution in [0.4, 0.5) is 0 Å². The fourth-order valence-electron chi connectivity index (χ4n) is 2.47. The molecule has 0 aliphatic rings. The average Bonchev–Trinajstić information content (AvgIpc) is 3.23. The lowest BCUT2D eigenvalue weighted by Crippen LogP contribution is -2.37. The zero-order valence-corrected chi connectivity index (χ0v) is 14.5. The molecule has 0 aliphatic carbocycles. The number of hydrogen-bond donors (Lipinski definition) is 2. The van der Waals surface area contributed by atoms with Crippen LogP contribution in [0, 0.1) is 0 Å². The first-order valence-electron chi connectivity index (χ1n) is 7.43. The second-order valence-corrected chi connectivity index (χ2v) is 5.65. The van der Waals surface area contributed by atoms with E-state index in [9.17, 15) is 19.2 Å². The van der Waals surface area contributed by atoms with Crippen LogP contribution in [0.25, 0.3) is 22.3 Å². The van der Waals surface area contributed by atoms with Gasteiger partial charge in [-0.2, -0.15) is 0 Å². The van der Waals surface area contributed by atoms with Crippen LogP contribution >= 0.6 is 0 Å². The summed E-state index contributed by atoms with van der Waals surface area (Å²) in [4.78, 5) is 58.3. The maximum Gasteiger partial charge on any atom is 0.332 e. The van der Waals surface area contributed by atoms with Gasteiger partial charge in [-0.3, -0.25) is 28.3 Å². The smallest absolute Gasteiger partial charge is 0.332 e. The highest BCUT2D eigenvalue weighted by Gasteiger charge is 2.11. The molecule has 0 bridgehead atoms. The molecule has 0 atom stereocenters.